The highest BCUT2D eigenvalue weighted by Crippen LogP contribution is 2.30. The van der Waals surface area contributed by atoms with Crippen molar-refractivity contribution in [3.63, 3.8) is 0 Å². The molecule has 0 aliphatic heterocycles. The fourth-order valence-corrected chi connectivity index (χ4v) is 2.25. The molecule has 4 heteroatoms. The van der Waals surface area contributed by atoms with Crippen LogP contribution in [0.3, 0.4) is 0 Å². The number of rotatable bonds is 5. The Balaban J connectivity index is 3.44. The third kappa shape index (κ3) is 2.23. The Bertz CT molecular complexity index is 470. The van der Waals surface area contributed by atoms with E-state index in [9.17, 15) is 14.7 Å². The number of carbonyl (C=O) groups excluding carboxylic acids is 1. The Labute approximate surface area is 107 Å². The summed E-state index contributed by atoms with van der Waals surface area (Å²) in [5.41, 5.74) is 1.27. The minimum Gasteiger partial charge on any atom is -0.479 e. The Kier molecular flexibility index (Phi) is 4.11. The van der Waals surface area contributed by atoms with Crippen LogP contribution >= 0.6 is 0 Å². The molecule has 0 heterocycles. The van der Waals surface area contributed by atoms with Crippen molar-refractivity contribution in [3.8, 4) is 0 Å². The average Bonchev–Trinajstić information content (AvgIpc) is 2.29. The number of hydrogen-bond donors (Lipinski definition) is 1. The van der Waals surface area contributed by atoms with Gasteiger partial charge in [0.05, 0.1) is 0 Å². The van der Waals surface area contributed by atoms with E-state index in [4.69, 9.17) is 0 Å². The predicted molar refractivity (Wildman–Crippen MR) is 69.3 cm³/mol. The standard InChI is InChI=1S/C14H19NO3/c1-5-15(9-16)14(4,13(17)18)12-7-6-10(2)8-11(12)3/h6-9H,5H2,1-4H3,(H,17,18). The number of carboxylic acids is 1. The Morgan fingerprint density at radius 3 is 2.44 bits per heavy atom. The Morgan fingerprint density at radius 2 is 2.06 bits per heavy atom. The summed E-state index contributed by atoms with van der Waals surface area (Å²) in [6.07, 6.45) is 0.591. The zero-order valence-corrected chi connectivity index (χ0v) is 11.2. The van der Waals surface area contributed by atoms with Gasteiger partial charge in [0.15, 0.2) is 5.54 Å². The SMILES string of the molecule is CCN(C=O)C(C)(C(=O)O)c1ccc(C)cc1C. The third-order valence-electron chi connectivity index (χ3n) is 3.37. The molecule has 0 aromatic heterocycles. The van der Waals surface area contributed by atoms with E-state index in [1.165, 1.54) is 4.90 Å². The number of nitrogens with zero attached hydrogens (tertiary/aromatic N) is 1. The molecule has 0 spiro atoms. The van der Waals surface area contributed by atoms with Gasteiger partial charge in [-0.05, 0) is 38.8 Å². The predicted octanol–water partition coefficient (Wildman–Crippen LogP) is 2.08. The third-order valence-corrected chi connectivity index (χ3v) is 3.37. The van der Waals surface area contributed by atoms with Gasteiger partial charge in [0, 0.05) is 6.54 Å². The van der Waals surface area contributed by atoms with Crippen LogP contribution < -0.4 is 0 Å². The second-order valence-electron chi connectivity index (χ2n) is 4.59. The normalized spacial score (nSPS) is 13.8. The van der Waals surface area contributed by atoms with Crippen LogP contribution in [0.1, 0.15) is 30.5 Å². The summed E-state index contributed by atoms with van der Waals surface area (Å²) in [5.74, 6) is -1.02. The van der Waals surface area contributed by atoms with Crippen LogP contribution in [0.2, 0.25) is 0 Å². The van der Waals surface area contributed by atoms with Crippen LogP contribution in [0.25, 0.3) is 0 Å². The van der Waals surface area contributed by atoms with E-state index in [-0.39, 0.29) is 0 Å². The van der Waals surface area contributed by atoms with Crippen molar-refractivity contribution in [2.45, 2.75) is 33.2 Å². The first-order valence-electron chi connectivity index (χ1n) is 5.91. The summed E-state index contributed by atoms with van der Waals surface area (Å²) in [7, 11) is 0. The van der Waals surface area contributed by atoms with Crippen LogP contribution in [0.5, 0.6) is 0 Å². The van der Waals surface area contributed by atoms with Crippen LogP contribution in [0.4, 0.5) is 0 Å². The van der Waals surface area contributed by atoms with Gasteiger partial charge in [-0.25, -0.2) is 4.79 Å². The molecule has 1 aromatic rings. The lowest BCUT2D eigenvalue weighted by Crippen LogP contribution is -2.49. The summed E-state index contributed by atoms with van der Waals surface area (Å²) in [4.78, 5) is 24.0. The first-order chi connectivity index (χ1) is 8.37. The number of benzene rings is 1. The number of carbonyl (C=O) groups is 2. The van der Waals surface area contributed by atoms with E-state index >= 15 is 0 Å². The molecular formula is C14H19NO3. The molecule has 18 heavy (non-hydrogen) atoms. The van der Waals surface area contributed by atoms with Gasteiger partial charge in [-0.15, -0.1) is 0 Å². The van der Waals surface area contributed by atoms with Crippen molar-refractivity contribution in [1.29, 1.82) is 0 Å². The zero-order valence-electron chi connectivity index (χ0n) is 11.2. The molecule has 0 saturated heterocycles. The van der Waals surface area contributed by atoms with Gasteiger partial charge < -0.3 is 10.0 Å². The van der Waals surface area contributed by atoms with Crippen molar-refractivity contribution in [2.24, 2.45) is 0 Å². The molecule has 1 N–H and O–H groups in total. The van der Waals surface area contributed by atoms with E-state index in [0.717, 1.165) is 11.1 Å². The Morgan fingerprint density at radius 1 is 1.44 bits per heavy atom. The second-order valence-corrected chi connectivity index (χ2v) is 4.59. The maximum absolute atomic E-state index is 11.6. The quantitative estimate of drug-likeness (QED) is 0.813. The first kappa shape index (κ1) is 14.2. The molecule has 1 aromatic carbocycles. The van der Waals surface area contributed by atoms with Crippen LogP contribution in [0, 0.1) is 13.8 Å². The molecule has 1 atom stereocenters. The number of carboxylic acid groups (broad SMARTS) is 1. The maximum atomic E-state index is 11.6. The lowest BCUT2D eigenvalue weighted by molar-refractivity contribution is -0.154. The maximum Gasteiger partial charge on any atom is 0.334 e. The van der Waals surface area contributed by atoms with Crippen molar-refractivity contribution < 1.29 is 14.7 Å². The minimum absolute atomic E-state index is 0.347. The molecule has 0 aliphatic carbocycles. The van der Waals surface area contributed by atoms with Gasteiger partial charge >= 0.3 is 5.97 Å². The molecular weight excluding hydrogens is 230 g/mol. The van der Waals surface area contributed by atoms with Crippen molar-refractivity contribution in [3.05, 3.63) is 34.9 Å². The Hall–Kier alpha value is -1.84. The zero-order chi connectivity index (χ0) is 13.9. The van der Waals surface area contributed by atoms with Crippen molar-refractivity contribution in [2.75, 3.05) is 6.54 Å². The monoisotopic (exact) mass is 249 g/mol. The summed E-state index contributed by atoms with van der Waals surface area (Å²) in [5, 5.41) is 9.51. The summed E-state index contributed by atoms with van der Waals surface area (Å²) in [6, 6.07) is 5.57. The van der Waals surface area contributed by atoms with Crippen molar-refractivity contribution >= 4 is 12.4 Å². The van der Waals surface area contributed by atoms with Gasteiger partial charge in [-0.3, -0.25) is 4.79 Å². The van der Waals surface area contributed by atoms with E-state index in [1.54, 1.807) is 19.9 Å². The second kappa shape index (κ2) is 5.21. The van der Waals surface area contributed by atoms with Crippen LogP contribution in [0.15, 0.2) is 18.2 Å². The highest BCUT2D eigenvalue weighted by molar-refractivity contribution is 5.83. The van der Waals surface area contributed by atoms with Crippen molar-refractivity contribution in [1.82, 2.24) is 4.90 Å². The van der Waals surface area contributed by atoms with E-state index in [2.05, 4.69) is 0 Å². The highest BCUT2D eigenvalue weighted by atomic mass is 16.4. The number of aliphatic carboxylic acids is 1. The molecule has 0 radical (unpaired) electrons. The largest absolute Gasteiger partial charge is 0.479 e. The van der Waals surface area contributed by atoms with Gasteiger partial charge in [0.25, 0.3) is 0 Å². The topological polar surface area (TPSA) is 57.6 Å². The molecule has 4 nitrogen and oxygen atoms in total. The van der Waals surface area contributed by atoms with E-state index in [0.29, 0.717) is 18.5 Å². The molecule has 0 aliphatic rings. The van der Waals surface area contributed by atoms with Gasteiger partial charge in [0.2, 0.25) is 6.41 Å². The first-order valence-corrected chi connectivity index (χ1v) is 5.91. The fourth-order valence-electron chi connectivity index (χ4n) is 2.25. The molecule has 98 valence electrons. The molecule has 0 fully saturated rings. The number of likely N-dealkylation sites (N-methyl/N-ethyl adjacent to an activating group) is 1. The van der Waals surface area contributed by atoms with Crippen LogP contribution in [-0.2, 0) is 15.1 Å². The summed E-state index contributed by atoms with van der Waals surface area (Å²) >= 11 is 0. The molecule has 1 amide bonds. The van der Waals surface area contributed by atoms with Gasteiger partial charge in [-0.1, -0.05) is 23.8 Å². The fraction of sp³-hybridized carbons (Fsp3) is 0.429. The number of amides is 1. The minimum atomic E-state index is -1.33. The molecule has 0 saturated carbocycles. The van der Waals surface area contributed by atoms with Gasteiger partial charge in [0.1, 0.15) is 0 Å². The van der Waals surface area contributed by atoms with E-state index in [1.807, 2.05) is 26.0 Å². The van der Waals surface area contributed by atoms with Crippen LogP contribution in [-0.4, -0.2) is 28.9 Å². The smallest absolute Gasteiger partial charge is 0.334 e. The summed E-state index contributed by atoms with van der Waals surface area (Å²) < 4.78 is 0. The molecule has 1 unspecified atom stereocenters. The number of aryl methyl sites for hydroxylation is 2. The molecule has 0 bridgehead atoms. The average molecular weight is 249 g/mol. The lowest BCUT2D eigenvalue weighted by Gasteiger charge is -2.36. The highest BCUT2D eigenvalue weighted by Gasteiger charge is 2.41. The molecule has 1 rings (SSSR count). The van der Waals surface area contributed by atoms with E-state index < -0.39 is 11.5 Å². The summed E-state index contributed by atoms with van der Waals surface area (Å²) in [6.45, 7) is 7.48. The lowest BCUT2D eigenvalue weighted by atomic mass is 9.86. The number of hydrogen-bond acceptors (Lipinski definition) is 2. The van der Waals surface area contributed by atoms with Gasteiger partial charge in [-0.2, -0.15) is 0 Å².